The SMILES string of the molecule is CC(=O)N1CCN(c2cccc(-c3cnc4[nH]cc(C(=O)C5(C)CCCCC5)c4n3)c2)CC1. The van der Waals surface area contributed by atoms with E-state index < -0.39 is 0 Å². The van der Waals surface area contributed by atoms with Crippen LogP contribution in [0.4, 0.5) is 5.69 Å². The van der Waals surface area contributed by atoms with Crippen LogP contribution in [0, 0.1) is 5.41 Å². The number of hydrogen-bond donors (Lipinski definition) is 1. The van der Waals surface area contributed by atoms with Gasteiger partial charge in [0.05, 0.1) is 17.5 Å². The predicted octanol–water partition coefficient (Wildman–Crippen LogP) is 4.45. The van der Waals surface area contributed by atoms with Crippen molar-refractivity contribution in [3.05, 3.63) is 42.2 Å². The number of benzene rings is 1. The molecule has 2 aliphatic rings. The minimum Gasteiger partial charge on any atom is -0.368 e. The van der Waals surface area contributed by atoms with Gasteiger partial charge in [0.2, 0.25) is 5.91 Å². The van der Waals surface area contributed by atoms with Crippen LogP contribution in [0.2, 0.25) is 0 Å². The van der Waals surface area contributed by atoms with Gasteiger partial charge in [0.1, 0.15) is 5.52 Å². The monoisotopic (exact) mass is 445 g/mol. The highest BCUT2D eigenvalue weighted by molar-refractivity contribution is 6.08. The summed E-state index contributed by atoms with van der Waals surface area (Å²) in [6.45, 7) is 6.81. The zero-order valence-electron chi connectivity index (χ0n) is 19.4. The molecule has 5 rings (SSSR count). The van der Waals surface area contributed by atoms with Crippen LogP contribution in [0.25, 0.3) is 22.4 Å². The van der Waals surface area contributed by atoms with Crippen LogP contribution in [0.15, 0.2) is 36.7 Å². The number of Topliss-reactive ketones (excluding diaryl/α,β-unsaturated/α-hetero) is 1. The van der Waals surface area contributed by atoms with Crippen molar-refractivity contribution in [1.29, 1.82) is 0 Å². The lowest BCUT2D eigenvalue weighted by Crippen LogP contribution is -2.48. The minimum absolute atomic E-state index is 0.130. The second-order valence-corrected chi connectivity index (χ2v) is 9.65. The first-order chi connectivity index (χ1) is 15.9. The molecule has 1 saturated carbocycles. The topological polar surface area (TPSA) is 82.2 Å². The number of H-pyrrole nitrogens is 1. The van der Waals surface area contributed by atoms with Crippen molar-refractivity contribution in [1.82, 2.24) is 19.9 Å². The molecule has 172 valence electrons. The van der Waals surface area contributed by atoms with Crippen LogP contribution < -0.4 is 4.90 Å². The Balaban J connectivity index is 1.43. The van der Waals surface area contributed by atoms with Gasteiger partial charge >= 0.3 is 0 Å². The number of rotatable bonds is 4. The highest BCUT2D eigenvalue weighted by Gasteiger charge is 2.36. The Hall–Kier alpha value is -3.22. The number of anilines is 1. The van der Waals surface area contributed by atoms with E-state index in [1.165, 1.54) is 6.42 Å². The largest absolute Gasteiger partial charge is 0.368 e. The molecule has 3 aromatic rings. The predicted molar refractivity (Wildman–Crippen MR) is 129 cm³/mol. The van der Waals surface area contributed by atoms with E-state index in [0.717, 1.165) is 68.8 Å². The zero-order valence-corrected chi connectivity index (χ0v) is 19.4. The lowest BCUT2D eigenvalue weighted by molar-refractivity contribution is -0.129. The summed E-state index contributed by atoms with van der Waals surface area (Å²) in [5, 5.41) is 0. The van der Waals surface area contributed by atoms with E-state index in [0.29, 0.717) is 16.7 Å². The Bertz CT molecular complexity index is 1190. The molecule has 2 fully saturated rings. The van der Waals surface area contributed by atoms with Crippen molar-refractivity contribution in [3.8, 4) is 11.3 Å². The third kappa shape index (κ3) is 4.12. The van der Waals surface area contributed by atoms with E-state index in [1.807, 2.05) is 17.0 Å². The van der Waals surface area contributed by atoms with Crippen molar-refractivity contribution in [2.45, 2.75) is 46.0 Å². The smallest absolute Gasteiger partial charge is 0.219 e. The van der Waals surface area contributed by atoms with Gasteiger partial charge in [-0.05, 0) is 25.0 Å². The molecule has 0 radical (unpaired) electrons. The number of fused-ring (bicyclic) bond motifs is 1. The molecule has 0 bridgehead atoms. The molecule has 2 aromatic heterocycles. The average molecular weight is 446 g/mol. The molecule has 1 aliphatic heterocycles. The molecule has 1 aliphatic carbocycles. The lowest BCUT2D eigenvalue weighted by atomic mass is 9.71. The Labute approximate surface area is 194 Å². The zero-order chi connectivity index (χ0) is 23.0. The average Bonchev–Trinajstić information content (AvgIpc) is 3.27. The minimum atomic E-state index is -0.313. The molecule has 0 spiro atoms. The molecule has 1 amide bonds. The van der Waals surface area contributed by atoms with E-state index in [1.54, 1.807) is 19.3 Å². The first-order valence-electron chi connectivity index (χ1n) is 11.9. The number of aromatic amines is 1. The van der Waals surface area contributed by atoms with Crippen molar-refractivity contribution in [3.63, 3.8) is 0 Å². The fraction of sp³-hybridized carbons (Fsp3) is 0.462. The molecular weight excluding hydrogens is 414 g/mol. The van der Waals surface area contributed by atoms with Crippen molar-refractivity contribution in [2.75, 3.05) is 31.1 Å². The van der Waals surface area contributed by atoms with Crippen LogP contribution in [0.1, 0.15) is 56.3 Å². The number of amides is 1. The van der Waals surface area contributed by atoms with E-state index in [4.69, 9.17) is 4.98 Å². The van der Waals surface area contributed by atoms with Crippen LogP contribution in [0.3, 0.4) is 0 Å². The van der Waals surface area contributed by atoms with Gasteiger partial charge in [-0.25, -0.2) is 9.97 Å². The summed E-state index contributed by atoms with van der Waals surface area (Å²) in [6.07, 6.45) is 8.84. The standard InChI is InChI=1S/C26H31N5O2/c1-18(32)30-11-13-31(14-12-30)20-8-6-7-19(15-20)22-17-28-25-23(29-22)21(16-27-25)24(33)26(2)9-4-3-5-10-26/h6-8,15-17H,3-5,9-14H2,1-2H3,(H,27,28). The summed E-state index contributed by atoms with van der Waals surface area (Å²) in [6, 6.07) is 8.27. The van der Waals surface area contributed by atoms with Gasteiger partial charge in [-0.1, -0.05) is 38.3 Å². The van der Waals surface area contributed by atoms with Gasteiger partial charge in [0.15, 0.2) is 11.4 Å². The van der Waals surface area contributed by atoms with E-state index in [2.05, 4.69) is 33.9 Å². The van der Waals surface area contributed by atoms with E-state index in [-0.39, 0.29) is 17.1 Å². The number of ketones is 1. The van der Waals surface area contributed by atoms with Crippen LogP contribution in [-0.4, -0.2) is 57.7 Å². The molecule has 3 heterocycles. The Morgan fingerprint density at radius 3 is 2.55 bits per heavy atom. The maximum atomic E-state index is 13.5. The van der Waals surface area contributed by atoms with Gasteiger partial charge < -0.3 is 14.8 Å². The summed E-state index contributed by atoms with van der Waals surface area (Å²) in [7, 11) is 0. The maximum absolute atomic E-state index is 13.5. The highest BCUT2D eigenvalue weighted by Crippen LogP contribution is 2.39. The van der Waals surface area contributed by atoms with Gasteiger partial charge in [-0.2, -0.15) is 0 Å². The Kier molecular flexibility index (Phi) is 5.64. The number of carbonyl (C=O) groups excluding carboxylic acids is 2. The third-order valence-corrected chi connectivity index (χ3v) is 7.36. The molecular formula is C26H31N5O2. The summed E-state index contributed by atoms with van der Waals surface area (Å²) >= 11 is 0. The number of piperazine rings is 1. The number of carbonyl (C=O) groups is 2. The molecule has 7 heteroatoms. The van der Waals surface area contributed by atoms with Gasteiger partial charge in [0.25, 0.3) is 0 Å². The van der Waals surface area contributed by atoms with Crippen LogP contribution in [0.5, 0.6) is 0 Å². The van der Waals surface area contributed by atoms with E-state index >= 15 is 0 Å². The molecule has 0 atom stereocenters. The Morgan fingerprint density at radius 2 is 1.82 bits per heavy atom. The first kappa shape index (κ1) is 21.6. The summed E-state index contributed by atoms with van der Waals surface area (Å²) in [4.78, 5) is 41.9. The summed E-state index contributed by atoms with van der Waals surface area (Å²) in [5.74, 6) is 0.308. The fourth-order valence-corrected chi connectivity index (χ4v) is 5.23. The summed E-state index contributed by atoms with van der Waals surface area (Å²) < 4.78 is 0. The number of hydrogen-bond acceptors (Lipinski definition) is 5. The van der Waals surface area contributed by atoms with Gasteiger partial charge in [0, 0.05) is 56.0 Å². The molecule has 1 saturated heterocycles. The van der Waals surface area contributed by atoms with Gasteiger partial charge in [-0.15, -0.1) is 0 Å². The van der Waals surface area contributed by atoms with E-state index in [9.17, 15) is 9.59 Å². The molecule has 7 nitrogen and oxygen atoms in total. The second kappa shape index (κ2) is 8.61. The number of nitrogens with one attached hydrogen (secondary N) is 1. The normalized spacial score (nSPS) is 18.5. The lowest BCUT2D eigenvalue weighted by Gasteiger charge is -2.35. The van der Waals surface area contributed by atoms with Gasteiger partial charge in [-0.3, -0.25) is 9.59 Å². The Morgan fingerprint density at radius 1 is 1.06 bits per heavy atom. The fourth-order valence-electron chi connectivity index (χ4n) is 5.23. The number of aromatic nitrogens is 3. The van der Waals surface area contributed by atoms with Crippen molar-refractivity contribution >= 4 is 28.5 Å². The summed E-state index contributed by atoms with van der Waals surface area (Å²) in [5.41, 5.74) is 4.49. The highest BCUT2D eigenvalue weighted by atomic mass is 16.2. The molecule has 1 N–H and O–H groups in total. The van der Waals surface area contributed by atoms with Crippen molar-refractivity contribution in [2.24, 2.45) is 5.41 Å². The number of nitrogens with zero attached hydrogens (tertiary/aromatic N) is 4. The van der Waals surface area contributed by atoms with Crippen LogP contribution in [-0.2, 0) is 4.79 Å². The van der Waals surface area contributed by atoms with Crippen LogP contribution >= 0.6 is 0 Å². The maximum Gasteiger partial charge on any atom is 0.219 e. The molecule has 1 aromatic carbocycles. The molecule has 0 unspecified atom stereocenters. The first-order valence-corrected chi connectivity index (χ1v) is 11.9. The van der Waals surface area contributed by atoms with Crippen molar-refractivity contribution < 1.29 is 9.59 Å². The quantitative estimate of drug-likeness (QED) is 0.600. The second-order valence-electron chi connectivity index (χ2n) is 9.65. The third-order valence-electron chi connectivity index (χ3n) is 7.36. The molecule has 33 heavy (non-hydrogen) atoms.